The number of halogens is 3. The van der Waals surface area contributed by atoms with E-state index in [0.29, 0.717) is 33.3 Å². The van der Waals surface area contributed by atoms with E-state index >= 15 is 0 Å². The minimum absolute atomic E-state index is 0.130. The van der Waals surface area contributed by atoms with E-state index in [1.165, 1.54) is 17.8 Å². The molecule has 0 radical (unpaired) electrons. The molecular formula is C21H15F3N2O3S. The average Bonchev–Trinajstić information content (AvgIpc) is 3.19. The van der Waals surface area contributed by atoms with Crippen LogP contribution in [0.3, 0.4) is 0 Å². The number of ether oxygens (including phenoxy) is 1. The van der Waals surface area contributed by atoms with Gasteiger partial charge in [-0.05, 0) is 48.9 Å². The van der Waals surface area contributed by atoms with Gasteiger partial charge < -0.3 is 9.84 Å². The van der Waals surface area contributed by atoms with Crippen molar-refractivity contribution in [2.75, 3.05) is 5.75 Å². The Hall–Kier alpha value is -3.07. The maximum absolute atomic E-state index is 13.0. The molecule has 4 rings (SSSR count). The molecule has 30 heavy (non-hydrogen) atoms. The SMILES string of the molecule is Cc1ccc(C(F)(F)F)cc1Oc1ccc2nc(C3=N[C@@H](C(=O)O)CS3)ccc2c1. The van der Waals surface area contributed by atoms with Crippen molar-refractivity contribution in [2.24, 2.45) is 4.99 Å². The molecule has 0 amide bonds. The molecule has 0 saturated carbocycles. The summed E-state index contributed by atoms with van der Waals surface area (Å²) < 4.78 is 44.6. The number of carbonyl (C=O) groups is 1. The molecule has 0 fully saturated rings. The third-order valence-electron chi connectivity index (χ3n) is 4.56. The summed E-state index contributed by atoms with van der Waals surface area (Å²) in [6, 6.07) is 11.1. The van der Waals surface area contributed by atoms with Gasteiger partial charge in [0.15, 0.2) is 6.04 Å². The van der Waals surface area contributed by atoms with Gasteiger partial charge in [-0.3, -0.25) is 4.99 Å². The van der Waals surface area contributed by atoms with Gasteiger partial charge in [0.2, 0.25) is 0 Å². The zero-order valence-electron chi connectivity index (χ0n) is 15.6. The van der Waals surface area contributed by atoms with E-state index in [9.17, 15) is 18.0 Å². The number of alkyl halides is 3. The quantitative estimate of drug-likeness (QED) is 0.606. The smallest absolute Gasteiger partial charge is 0.416 e. The first-order valence-electron chi connectivity index (χ1n) is 8.91. The Labute approximate surface area is 173 Å². The average molecular weight is 432 g/mol. The van der Waals surface area contributed by atoms with Crippen LogP contribution in [0.1, 0.15) is 16.8 Å². The molecule has 1 atom stereocenters. The highest BCUT2D eigenvalue weighted by atomic mass is 32.2. The van der Waals surface area contributed by atoms with Gasteiger partial charge >= 0.3 is 12.1 Å². The van der Waals surface area contributed by atoms with Crippen LogP contribution in [-0.4, -0.2) is 32.9 Å². The van der Waals surface area contributed by atoms with Gasteiger partial charge in [-0.1, -0.05) is 12.1 Å². The van der Waals surface area contributed by atoms with Gasteiger partial charge in [-0.25, -0.2) is 9.78 Å². The van der Waals surface area contributed by atoms with Crippen LogP contribution < -0.4 is 4.74 Å². The molecule has 0 saturated heterocycles. The number of nitrogens with zero attached hydrogens (tertiary/aromatic N) is 2. The largest absolute Gasteiger partial charge is 0.480 e. The van der Waals surface area contributed by atoms with Gasteiger partial charge in [-0.2, -0.15) is 13.2 Å². The van der Waals surface area contributed by atoms with Gasteiger partial charge in [0.1, 0.15) is 16.5 Å². The molecule has 0 spiro atoms. The summed E-state index contributed by atoms with van der Waals surface area (Å²) in [5.41, 5.74) is 1.03. The number of hydrogen-bond donors (Lipinski definition) is 1. The Morgan fingerprint density at radius 3 is 2.67 bits per heavy atom. The van der Waals surface area contributed by atoms with Crippen LogP contribution in [0.15, 0.2) is 53.5 Å². The lowest BCUT2D eigenvalue weighted by Crippen LogP contribution is -2.17. The second kappa shape index (κ2) is 7.64. The van der Waals surface area contributed by atoms with Crippen LogP contribution in [0.4, 0.5) is 13.2 Å². The van der Waals surface area contributed by atoms with Gasteiger partial charge in [0.25, 0.3) is 0 Å². The fourth-order valence-corrected chi connectivity index (χ4v) is 3.94. The molecule has 1 aliphatic heterocycles. The Morgan fingerprint density at radius 2 is 1.97 bits per heavy atom. The summed E-state index contributed by atoms with van der Waals surface area (Å²) in [7, 11) is 0. The number of thioether (sulfide) groups is 1. The number of aliphatic imine (C=N–C) groups is 1. The number of pyridine rings is 1. The Balaban J connectivity index is 1.61. The molecule has 1 aromatic heterocycles. The van der Waals surface area contributed by atoms with Crippen LogP contribution in [0, 0.1) is 6.92 Å². The first-order valence-corrected chi connectivity index (χ1v) is 9.89. The van der Waals surface area contributed by atoms with Crippen molar-refractivity contribution in [1.82, 2.24) is 4.98 Å². The highest BCUT2D eigenvalue weighted by molar-refractivity contribution is 8.14. The highest BCUT2D eigenvalue weighted by Gasteiger charge is 2.31. The molecule has 0 unspecified atom stereocenters. The maximum Gasteiger partial charge on any atom is 0.416 e. The van der Waals surface area contributed by atoms with E-state index in [2.05, 4.69) is 9.98 Å². The molecule has 1 aliphatic rings. The van der Waals surface area contributed by atoms with E-state index in [1.807, 2.05) is 0 Å². The summed E-state index contributed by atoms with van der Waals surface area (Å²) in [5, 5.41) is 10.4. The minimum atomic E-state index is -4.45. The number of carboxylic acid groups (broad SMARTS) is 1. The standard InChI is InChI=1S/C21H15F3N2O3S/c1-11-2-4-13(21(22,23)24)9-18(11)29-14-5-7-15-12(8-14)3-6-16(25-15)19-26-17(10-30-19)20(27)28/h2-9,17H,10H2,1H3,(H,27,28)/t17-/m1/s1. The Morgan fingerprint density at radius 1 is 1.17 bits per heavy atom. The number of benzene rings is 2. The Kier molecular flexibility index (Phi) is 5.15. The monoisotopic (exact) mass is 432 g/mol. The minimum Gasteiger partial charge on any atom is -0.480 e. The van der Waals surface area contributed by atoms with Crippen molar-refractivity contribution in [3.63, 3.8) is 0 Å². The van der Waals surface area contributed by atoms with Crippen LogP contribution >= 0.6 is 11.8 Å². The van der Waals surface area contributed by atoms with Gasteiger partial charge in [0.05, 0.1) is 16.8 Å². The van der Waals surface area contributed by atoms with Gasteiger partial charge in [-0.15, -0.1) is 11.8 Å². The molecule has 1 N–H and O–H groups in total. The zero-order valence-corrected chi connectivity index (χ0v) is 16.4. The van der Waals surface area contributed by atoms with E-state index in [4.69, 9.17) is 9.84 Å². The second-order valence-electron chi connectivity index (χ2n) is 6.73. The van der Waals surface area contributed by atoms with Crippen LogP contribution in [0.2, 0.25) is 0 Å². The molecule has 9 heteroatoms. The summed E-state index contributed by atoms with van der Waals surface area (Å²) in [5.74, 6) is -0.0822. The van der Waals surface area contributed by atoms with E-state index in [-0.39, 0.29) is 5.75 Å². The van der Waals surface area contributed by atoms with Crippen LogP contribution in [-0.2, 0) is 11.0 Å². The van der Waals surface area contributed by atoms with Crippen LogP contribution in [0.5, 0.6) is 11.5 Å². The second-order valence-corrected chi connectivity index (χ2v) is 7.74. The normalized spacial score (nSPS) is 16.5. The third kappa shape index (κ3) is 4.11. The number of fused-ring (bicyclic) bond motifs is 1. The topological polar surface area (TPSA) is 71.8 Å². The summed E-state index contributed by atoms with van der Waals surface area (Å²) in [6.45, 7) is 1.68. The molecule has 154 valence electrons. The van der Waals surface area contributed by atoms with Crippen molar-refractivity contribution in [3.05, 3.63) is 65.4 Å². The lowest BCUT2D eigenvalue weighted by Gasteiger charge is -2.13. The maximum atomic E-state index is 13.0. The van der Waals surface area contributed by atoms with E-state index in [1.54, 1.807) is 37.3 Å². The molecule has 2 heterocycles. The lowest BCUT2D eigenvalue weighted by molar-refractivity contribution is -0.138. The number of carboxylic acids is 1. The summed E-state index contributed by atoms with van der Waals surface area (Å²) >= 11 is 1.34. The first kappa shape index (κ1) is 20.2. The van der Waals surface area contributed by atoms with Crippen molar-refractivity contribution in [3.8, 4) is 11.5 Å². The highest BCUT2D eigenvalue weighted by Crippen LogP contribution is 2.35. The van der Waals surface area contributed by atoms with Crippen molar-refractivity contribution in [1.29, 1.82) is 0 Å². The lowest BCUT2D eigenvalue weighted by atomic mass is 10.1. The number of rotatable bonds is 4. The molecular weight excluding hydrogens is 417 g/mol. The van der Waals surface area contributed by atoms with Crippen molar-refractivity contribution in [2.45, 2.75) is 19.1 Å². The number of aliphatic carboxylic acids is 1. The van der Waals surface area contributed by atoms with E-state index < -0.39 is 23.8 Å². The zero-order chi connectivity index (χ0) is 21.5. The first-order chi connectivity index (χ1) is 14.2. The molecule has 2 aromatic carbocycles. The predicted molar refractivity (Wildman–Crippen MR) is 108 cm³/mol. The van der Waals surface area contributed by atoms with Crippen LogP contribution in [0.25, 0.3) is 10.9 Å². The molecule has 0 aliphatic carbocycles. The fraction of sp³-hybridized carbons (Fsp3) is 0.190. The third-order valence-corrected chi connectivity index (χ3v) is 5.63. The Bertz CT molecular complexity index is 1180. The number of hydrogen-bond acceptors (Lipinski definition) is 5. The fourth-order valence-electron chi connectivity index (χ4n) is 2.94. The molecule has 0 bridgehead atoms. The van der Waals surface area contributed by atoms with Crippen molar-refractivity contribution >= 4 is 33.7 Å². The number of aromatic nitrogens is 1. The summed E-state index contributed by atoms with van der Waals surface area (Å²) in [6.07, 6.45) is -4.45. The molecule has 5 nitrogen and oxygen atoms in total. The van der Waals surface area contributed by atoms with Crippen molar-refractivity contribution < 1.29 is 27.8 Å². The predicted octanol–water partition coefficient (Wildman–Crippen LogP) is 5.30. The summed E-state index contributed by atoms with van der Waals surface area (Å²) in [4.78, 5) is 19.8. The van der Waals surface area contributed by atoms with Gasteiger partial charge in [0, 0.05) is 11.1 Å². The number of aryl methyl sites for hydroxylation is 1. The van der Waals surface area contributed by atoms with E-state index in [0.717, 1.165) is 17.5 Å². The molecule has 3 aromatic rings.